The molecule has 0 spiro atoms. The van der Waals surface area contributed by atoms with E-state index in [4.69, 9.17) is 5.73 Å². The monoisotopic (exact) mass is 262 g/mol. The van der Waals surface area contributed by atoms with Crippen molar-refractivity contribution in [2.24, 2.45) is 7.05 Å². The van der Waals surface area contributed by atoms with Crippen LogP contribution < -0.4 is 5.73 Å². The van der Waals surface area contributed by atoms with Crippen molar-refractivity contribution < 1.29 is 4.79 Å². The van der Waals surface area contributed by atoms with Gasteiger partial charge in [0.1, 0.15) is 5.82 Å². The van der Waals surface area contributed by atoms with E-state index in [-0.39, 0.29) is 5.78 Å². The molecule has 0 saturated heterocycles. The molecule has 1 aromatic carbocycles. The number of aryl methyl sites for hydroxylation is 1. The van der Waals surface area contributed by atoms with E-state index in [9.17, 15) is 4.79 Å². The Balaban J connectivity index is 2.28. The molecule has 1 heterocycles. The number of ketones is 1. The number of Topliss-reactive ketones (excluding diaryl/α,β-unsaturated/α-hetero) is 1. The molecule has 1 aromatic heterocycles. The Labute approximate surface area is 109 Å². The fourth-order valence-electron chi connectivity index (χ4n) is 1.51. The summed E-state index contributed by atoms with van der Waals surface area (Å²) >= 11 is 1.47. The molecule has 6 heteroatoms. The molecule has 0 aliphatic carbocycles. The number of aromatic nitrogens is 3. The first-order valence-electron chi connectivity index (χ1n) is 5.43. The van der Waals surface area contributed by atoms with Gasteiger partial charge < -0.3 is 10.3 Å². The normalized spacial score (nSPS) is 10.6. The first-order chi connectivity index (χ1) is 8.49. The van der Waals surface area contributed by atoms with E-state index >= 15 is 0 Å². The van der Waals surface area contributed by atoms with Gasteiger partial charge in [-0.2, -0.15) is 0 Å². The van der Waals surface area contributed by atoms with Gasteiger partial charge in [0.25, 0.3) is 0 Å². The average Bonchev–Trinajstić information content (AvgIpc) is 2.61. The lowest BCUT2D eigenvalue weighted by Gasteiger charge is -2.05. The number of nitrogen functional groups attached to an aromatic ring is 1. The van der Waals surface area contributed by atoms with Gasteiger partial charge in [-0.3, -0.25) is 4.79 Å². The fourth-order valence-corrected chi connectivity index (χ4v) is 2.39. The minimum absolute atomic E-state index is 0.0291. The summed E-state index contributed by atoms with van der Waals surface area (Å²) in [6, 6.07) is 5.39. The molecule has 94 valence electrons. The second-order valence-corrected chi connectivity index (χ2v) is 5.04. The van der Waals surface area contributed by atoms with E-state index in [0.717, 1.165) is 15.9 Å². The lowest BCUT2D eigenvalue weighted by molar-refractivity contribution is 0.101. The second kappa shape index (κ2) is 4.81. The molecule has 5 nitrogen and oxygen atoms in total. The zero-order valence-electron chi connectivity index (χ0n) is 10.5. The van der Waals surface area contributed by atoms with Crippen molar-refractivity contribution in [1.82, 2.24) is 14.8 Å². The number of carbonyl (C=O) groups is 1. The number of nitrogens with two attached hydrogens (primary N) is 1. The summed E-state index contributed by atoms with van der Waals surface area (Å²) in [7, 11) is 1.91. The maximum absolute atomic E-state index is 11.3. The number of rotatable bonds is 3. The molecule has 0 saturated carbocycles. The van der Waals surface area contributed by atoms with E-state index in [0.29, 0.717) is 11.3 Å². The van der Waals surface area contributed by atoms with Crippen LogP contribution in [0.5, 0.6) is 0 Å². The molecule has 0 aliphatic heterocycles. The van der Waals surface area contributed by atoms with Gasteiger partial charge in [0, 0.05) is 23.2 Å². The molecule has 2 aromatic rings. The molecule has 2 rings (SSSR count). The third kappa shape index (κ3) is 2.38. The Bertz CT molecular complexity index is 606. The predicted molar refractivity (Wildman–Crippen MR) is 70.7 cm³/mol. The van der Waals surface area contributed by atoms with Gasteiger partial charge in [-0.1, -0.05) is 0 Å². The number of anilines is 1. The molecule has 0 unspecified atom stereocenters. The third-order valence-electron chi connectivity index (χ3n) is 2.66. The van der Waals surface area contributed by atoms with Crippen molar-refractivity contribution in [2.75, 3.05) is 5.73 Å². The first kappa shape index (κ1) is 12.6. The molecule has 2 N–H and O–H groups in total. The molecular weight excluding hydrogens is 248 g/mol. The van der Waals surface area contributed by atoms with Crippen molar-refractivity contribution in [2.45, 2.75) is 23.9 Å². The molecule has 18 heavy (non-hydrogen) atoms. The fraction of sp³-hybridized carbons (Fsp3) is 0.250. The number of benzene rings is 1. The maximum atomic E-state index is 11.3. The third-order valence-corrected chi connectivity index (χ3v) is 3.69. The van der Waals surface area contributed by atoms with Crippen LogP contribution >= 0.6 is 11.8 Å². The second-order valence-electron chi connectivity index (χ2n) is 4.00. The van der Waals surface area contributed by atoms with Crippen LogP contribution in [0.4, 0.5) is 5.69 Å². The summed E-state index contributed by atoms with van der Waals surface area (Å²) in [4.78, 5) is 12.2. The summed E-state index contributed by atoms with van der Waals surface area (Å²) in [6.45, 7) is 3.40. The molecule has 0 radical (unpaired) electrons. The maximum Gasteiger partial charge on any atom is 0.195 e. The Hall–Kier alpha value is -1.82. The number of hydrogen-bond acceptors (Lipinski definition) is 5. The van der Waals surface area contributed by atoms with Crippen LogP contribution in [-0.2, 0) is 7.05 Å². The minimum atomic E-state index is -0.0291. The zero-order valence-corrected chi connectivity index (χ0v) is 11.3. The van der Waals surface area contributed by atoms with E-state index in [1.165, 1.54) is 18.7 Å². The van der Waals surface area contributed by atoms with Crippen LogP contribution in [0.3, 0.4) is 0 Å². The van der Waals surface area contributed by atoms with Crippen LogP contribution in [0.1, 0.15) is 23.1 Å². The molecule has 0 amide bonds. The first-order valence-corrected chi connectivity index (χ1v) is 6.25. The number of hydrogen-bond donors (Lipinski definition) is 1. The highest BCUT2D eigenvalue weighted by atomic mass is 32.2. The van der Waals surface area contributed by atoms with Gasteiger partial charge in [-0.15, -0.1) is 10.2 Å². The van der Waals surface area contributed by atoms with Crippen LogP contribution in [0.25, 0.3) is 0 Å². The van der Waals surface area contributed by atoms with E-state index < -0.39 is 0 Å². The topological polar surface area (TPSA) is 73.8 Å². The van der Waals surface area contributed by atoms with Crippen molar-refractivity contribution in [3.05, 3.63) is 29.6 Å². The van der Waals surface area contributed by atoms with E-state index in [1.54, 1.807) is 12.1 Å². The SMILES string of the molecule is CC(=O)c1ccc(Sc2nnc(C)n2C)cc1N. The minimum Gasteiger partial charge on any atom is -0.398 e. The number of nitrogens with zero attached hydrogens (tertiary/aromatic N) is 3. The van der Waals surface area contributed by atoms with Gasteiger partial charge in [-0.25, -0.2) is 0 Å². The van der Waals surface area contributed by atoms with Gasteiger partial charge in [0.15, 0.2) is 10.9 Å². The Morgan fingerprint density at radius 1 is 1.39 bits per heavy atom. The smallest absolute Gasteiger partial charge is 0.195 e. The van der Waals surface area contributed by atoms with Crippen LogP contribution in [0.15, 0.2) is 28.3 Å². The van der Waals surface area contributed by atoms with E-state index in [1.807, 2.05) is 24.6 Å². The molecule has 0 aliphatic rings. The average molecular weight is 262 g/mol. The van der Waals surface area contributed by atoms with Gasteiger partial charge >= 0.3 is 0 Å². The molecule has 0 bridgehead atoms. The largest absolute Gasteiger partial charge is 0.398 e. The summed E-state index contributed by atoms with van der Waals surface area (Å²) < 4.78 is 1.90. The summed E-state index contributed by atoms with van der Waals surface area (Å²) in [6.07, 6.45) is 0. The standard InChI is InChI=1S/C12H14N4OS/c1-7(17)10-5-4-9(6-11(10)13)18-12-15-14-8(2)16(12)3/h4-6H,13H2,1-3H3. The summed E-state index contributed by atoms with van der Waals surface area (Å²) in [5.74, 6) is 0.824. The van der Waals surface area contributed by atoms with Crippen LogP contribution in [-0.4, -0.2) is 20.5 Å². The van der Waals surface area contributed by atoms with Gasteiger partial charge in [0.2, 0.25) is 0 Å². The van der Waals surface area contributed by atoms with Crippen molar-refractivity contribution in [3.8, 4) is 0 Å². The highest BCUT2D eigenvalue weighted by molar-refractivity contribution is 7.99. The summed E-state index contributed by atoms with van der Waals surface area (Å²) in [5.41, 5.74) is 6.88. The highest BCUT2D eigenvalue weighted by Gasteiger charge is 2.09. The van der Waals surface area contributed by atoms with Crippen LogP contribution in [0, 0.1) is 6.92 Å². The van der Waals surface area contributed by atoms with Gasteiger partial charge in [-0.05, 0) is 43.8 Å². The quantitative estimate of drug-likeness (QED) is 0.677. The van der Waals surface area contributed by atoms with Crippen LogP contribution in [0.2, 0.25) is 0 Å². The molecular formula is C12H14N4OS. The molecule has 0 atom stereocenters. The van der Waals surface area contributed by atoms with E-state index in [2.05, 4.69) is 10.2 Å². The zero-order chi connectivity index (χ0) is 13.3. The lowest BCUT2D eigenvalue weighted by Crippen LogP contribution is -1.99. The van der Waals surface area contributed by atoms with Gasteiger partial charge in [0.05, 0.1) is 0 Å². The predicted octanol–water partition coefficient (Wildman–Crippen LogP) is 2.06. The number of carbonyl (C=O) groups excluding carboxylic acids is 1. The highest BCUT2D eigenvalue weighted by Crippen LogP contribution is 2.28. The Morgan fingerprint density at radius 2 is 2.11 bits per heavy atom. The summed E-state index contributed by atoms with van der Waals surface area (Å²) in [5, 5.41) is 8.85. The van der Waals surface area contributed by atoms with Crippen molar-refractivity contribution in [3.63, 3.8) is 0 Å². The Kier molecular flexibility index (Phi) is 3.38. The lowest BCUT2D eigenvalue weighted by atomic mass is 10.1. The Morgan fingerprint density at radius 3 is 2.61 bits per heavy atom. The van der Waals surface area contributed by atoms with Crippen molar-refractivity contribution >= 4 is 23.2 Å². The van der Waals surface area contributed by atoms with Crippen molar-refractivity contribution in [1.29, 1.82) is 0 Å². The molecule has 0 fully saturated rings.